The first-order valence-corrected chi connectivity index (χ1v) is 30.1. The largest absolute Gasteiger partial charge is 0.456 e. The van der Waals surface area contributed by atoms with E-state index in [1.165, 1.54) is 137 Å². The Labute approximate surface area is 506 Å². The number of hydrogen-bond donors (Lipinski definition) is 0. The lowest BCUT2D eigenvalue weighted by atomic mass is 9.96. The summed E-state index contributed by atoms with van der Waals surface area (Å²) in [7, 11) is 0. The molecule has 19 aromatic rings. The van der Waals surface area contributed by atoms with E-state index in [1.807, 2.05) is 12.1 Å². The molecule has 0 N–H and O–H groups in total. The van der Waals surface area contributed by atoms with E-state index in [0.29, 0.717) is 0 Å². The van der Waals surface area contributed by atoms with Crippen molar-refractivity contribution in [1.82, 2.24) is 9.13 Å². The molecule has 0 amide bonds. The fourth-order valence-electron chi connectivity index (χ4n) is 14.0. The quantitative estimate of drug-likeness (QED) is 0.166. The molecule has 4 heterocycles. The molecule has 0 bridgehead atoms. The predicted octanol–water partition coefficient (Wildman–Crippen LogP) is 23.5. The van der Waals surface area contributed by atoms with Crippen LogP contribution in [0.3, 0.4) is 0 Å². The van der Waals surface area contributed by atoms with E-state index < -0.39 is 0 Å². The molecule has 0 unspecified atom stereocenters. The Morgan fingerprint density at radius 1 is 0.182 bits per heavy atom. The Bertz CT molecular complexity index is 6020. The van der Waals surface area contributed by atoms with E-state index in [-0.39, 0.29) is 0 Å². The molecule has 0 saturated carbocycles. The number of nitrogens with zero attached hydrogens (tertiary/aromatic N) is 2. The first kappa shape index (κ1) is 49.7. The Morgan fingerprint density at radius 2 is 0.523 bits per heavy atom. The van der Waals surface area contributed by atoms with Crippen LogP contribution in [0.5, 0.6) is 0 Å². The molecule has 0 aliphatic rings. The van der Waals surface area contributed by atoms with Gasteiger partial charge in [-0.3, -0.25) is 0 Å². The van der Waals surface area contributed by atoms with Gasteiger partial charge in [0.1, 0.15) is 22.3 Å². The van der Waals surface area contributed by atoms with Crippen molar-refractivity contribution in [3.8, 4) is 55.9 Å². The lowest BCUT2D eigenvalue weighted by Gasteiger charge is -2.12. The summed E-state index contributed by atoms with van der Waals surface area (Å²) >= 11 is 0. The van der Waals surface area contributed by atoms with Gasteiger partial charge in [-0.1, -0.05) is 218 Å². The normalized spacial score (nSPS) is 11.9. The van der Waals surface area contributed by atoms with Crippen molar-refractivity contribution in [3.63, 3.8) is 0 Å². The Hall–Kier alpha value is -11.7. The van der Waals surface area contributed by atoms with Crippen LogP contribution in [-0.2, 0) is 0 Å². The average Bonchev–Trinajstić information content (AvgIpc) is 2.50. The second-order valence-corrected chi connectivity index (χ2v) is 23.1. The van der Waals surface area contributed by atoms with E-state index >= 15 is 0 Å². The van der Waals surface area contributed by atoms with Gasteiger partial charge in [0, 0.05) is 53.9 Å². The van der Waals surface area contributed by atoms with Gasteiger partial charge in [0.25, 0.3) is 0 Å². The van der Waals surface area contributed by atoms with Gasteiger partial charge in [0.2, 0.25) is 0 Å². The van der Waals surface area contributed by atoms with E-state index in [9.17, 15) is 0 Å². The first-order valence-electron chi connectivity index (χ1n) is 30.1. The van der Waals surface area contributed by atoms with Gasteiger partial charge in [-0.25, -0.2) is 0 Å². The van der Waals surface area contributed by atoms with Gasteiger partial charge in [0.05, 0.1) is 33.4 Å². The Morgan fingerprint density at radius 3 is 1.07 bits per heavy atom. The number of hydrogen-bond acceptors (Lipinski definition) is 2. The van der Waals surface area contributed by atoms with Crippen molar-refractivity contribution in [3.05, 3.63) is 315 Å². The molecule has 19 rings (SSSR count). The van der Waals surface area contributed by atoms with Gasteiger partial charge < -0.3 is 18.0 Å². The van der Waals surface area contributed by atoms with Crippen LogP contribution in [0.25, 0.3) is 176 Å². The number of fused-ring (bicyclic) bond motifs is 16. The maximum Gasteiger partial charge on any atom is 0.136 e. The Kier molecular flexibility index (Phi) is 11.3. The van der Waals surface area contributed by atoms with Crippen molar-refractivity contribution in [2.24, 2.45) is 0 Å². The second kappa shape index (κ2) is 20.0. The first-order chi connectivity index (χ1) is 43.6. The topological polar surface area (TPSA) is 36.1 Å². The van der Waals surface area contributed by atoms with Gasteiger partial charge >= 0.3 is 0 Å². The van der Waals surface area contributed by atoms with Gasteiger partial charge in [0.15, 0.2) is 0 Å². The summed E-state index contributed by atoms with van der Waals surface area (Å²) in [5.41, 5.74) is 20.5. The monoisotopic (exact) mass is 1120 g/mol. The lowest BCUT2D eigenvalue weighted by molar-refractivity contribution is 0.668. The van der Waals surface area contributed by atoms with Crippen LogP contribution in [0.2, 0.25) is 0 Å². The van der Waals surface area contributed by atoms with Crippen molar-refractivity contribution in [1.29, 1.82) is 0 Å². The van der Waals surface area contributed by atoms with Crippen molar-refractivity contribution >= 4 is 120 Å². The molecule has 88 heavy (non-hydrogen) atoms. The van der Waals surface area contributed by atoms with Crippen LogP contribution < -0.4 is 0 Å². The fraction of sp³-hybridized carbons (Fsp3) is 0. The molecule has 0 saturated heterocycles. The molecular formula is C84H52N2O2. The molecule has 0 radical (unpaired) electrons. The summed E-state index contributed by atoms with van der Waals surface area (Å²) in [6, 6.07) is 114. The Balaban J connectivity index is 0.000000132. The summed E-state index contributed by atoms with van der Waals surface area (Å²) in [5, 5.41) is 17.1. The minimum atomic E-state index is 0.916. The van der Waals surface area contributed by atoms with Crippen molar-refractivity contribution in [2.75, 3.05) is 0 Å². The highest BCUT2D eigenvalue weighted by molar-refractivity contribution is 6.20. The molecule has 4 heteroatoms. The van der Waals surface area contributed by atoms with Crippen LogP contribution in [0.1, 0.15) is 0 Å². The van der Waals surface area contributed by atoms with Crippen LogP contribution in [-0.4, -0.2) is 9.13 Å². The third-order valence-corrected chi connectivity index (χ3v) is 18.2. The highest BCUT2D eigenvalue weighted by atomic mass is 16.3. The molecule has 410 valence electrons. The molecule has 4 aromatic heterocycles. The molecular weight excluding hydrogens is 1070 g/mol. The lowest BCUT2D eigenvalue weighted by Crippen LogP contribution is -1.95. The predicted molar refractivity (Wildman–Crippen MR) is 370 cm³/mol. The summed E-state index contributed by atoms with van der Waals surface area (Å²) in [6.07, 6.45) is 0. The van der Waals surface area contributed by atoms with Crippen LogP contribution in [0.15, 0.2) is 324 Å². The maximum atomic E-state index is 6.28. The van der Waals surface area contributed by atoms with Crippen LogP contribution >= 0.6 is 0 Å². The van der Waals surface area contributed by atoms with Crippen molar-refractivity contribution in [2.45, 2.75) is 0 Å². The standard InChI is InChI=1S/C44H27NO.C40H25NO/c1-3-14-34-28(9-1)11-8-18-39(34)45-40-17-6-5-16-36(40)37-26-32(19-22-41(37)45)30-12-7-13-31(25-30)33-21-23-42-38(27-33)44-35-15-4-2-10-29(35)20-24-43(44)46-42;1-2-13-31-26(9-1)10-8-17-36(31)41-37-16-5-3-14-32(37)34-24-29(19-21-38(34)41)27-11-7-12-28(23-27)30-20-22-40-35(25-30)33-15-4-6-18-39(33)42-40/h1-27H;1-25H. The zero-order chi connectivity index (χ0) is 57.8. The second-order valence-electron chi connectivity index (χ2n) is 23.1. The van der Waals surface area contributed by atoms with Gasteiger partial charge in [-0.15, -0.1) is 0 Å². The highest BCUT2D eigenvalue weighted by Crippen LogP contribution is 2.42. The molecule has 4 nitrogen and oxygen atoms in total. The molecule has 0 atom stereocenters. The van der Waals surface area contributed by atoms with E-state index in [4.69, 9.17) is 8.83 Å². The number of para-hydroxylation sites is 3. The summed E-state index contributed by atoms with van der Waals surface area (Å²) < 4.78 is 17.2. The smallest absolute Gasteiger partial charge is 0.136 e. The van der Waals surface area contributed by atoms with Crippen molar-refractivity contribution < 1.29 is 8.83 Å². The van der Waals surface area contributed by atoms with Gasteiger partial charge in [-0.05, 0) is 163 Å². The number of rotatable bonds is 6. The van der Waals surface area contributed by atoms with E-state index in [0.717, 1.165) is 38.5 Å². The summed E-state index contributed by atoms with van der Waals surface area (Å²) in [6.45, 7) is 0. The van der Waals surface area contributed by atoms with Crippen LogP contribution in [0.4, 0.5) is 0 Å². The minimum Gasteiger partial charge on any atom is -0.456 e. The number of furan rings is 2. The molecule has 15 aromatic carbocycles. The van der Waals surface area contributed by atoms with E-state index in [2.05, 4.69) is 312 Å². The molecule has 0 spiro atoms. The maximum absolute atomic E-state index is 6.28. The van der Waals surface area contributed by atoms with Crippen LogP contribution in [0, 0.1) is 0 Å². The summed E-state index contributed by atoms with van der Waals surface area (Å²) in [5.74, 6) is 0. The third-order valence-electron chi connectivity index (χ3n) is 18.2. The minimum absolute atomic E-state index is 0.916. The molecule has 0 aliphatic carbocycles. The zero-order valence-corrected chi connectivity index (χ0v) is 47.7. The fourth-order valence-corrected chi connectivity index (χ4v) is 14.0. The van der Waals surface area contributed by atoms with E-state index in [1.54, 1.807) is 0 Å². The summed E-state index contributed by atoms with van der Waals surface area (Å²) in [4.78, 5) is 0. The average molecular weight is 1120 g/mol. The third kappa shape index (κ3) is 8.00. The van der Waals surface area contributed by atoms with Gasteiger partial charge in [-0.2, -0.15) is 0 Å². The molecule has 0 aliphatic heterocycles. The highest BCUT2D eigenvalue weighted by Gasteiger charge is 2.19. The SMILES string of the molecule is c1cc(-c2ccc3oc4ccc5ccccc5c4c3c2)cc(-c2ccc3c(c2)c2ccccc2n3-c2cccc3ccccc23)c1.c1cc(-c2ccc3oc4ccccc4c3c2)cc(-c2ccc3c(c2)c2ccccc2n3-c2cccc3ccccc23)c1. The molecule has 0 fully saturated rings. The number of benzene rings is 15. The zero-order valence-electron chi connectivity index (χ0n) is 47.7. The number of aromatic nitrogens is 2.